The average molecular weight is 259 g/mol. The molecule has 1 heterocycles. The van der Waals surface area contributed by atoms with E-state index in [1.54, 1.807) is 24.3 Å². The number of hydrogen-bond acceptors (Lipinski definition) is 4. The lowest BCUT2D eigenvalue weighted by Crippen LogP contribution is -2.36. The Balaban J connectivity index is 2.23. The molecule has 0 saturated carbocycles. The fourth-order valence-corrected chi connectivity index (χ4v) is 2.14. The zero-order valence-corrected chi connectivity index (χ0v) is 10.0. The van der Waals surface area contributed by atoms with Crippen LogP contribution in [0.4, 0.5) is 5.69 Å². The molecule has 0 aliphatic carbocycles. The Kier molecular flexibility index (Phi) is 3.69. The van der Waals surface area contributed by atoms with Gasteiger partial charge in [0.2, 0.25) is 0 Å². The fourth-order valence-electron chi connectivity index (χ4n) is 1.73. The lowest BCUT2D eigenvalue weighted by Gasteiger charge is -2.30. The van der Waals surface area contributed by atoms with Crippen LogP contribution in [0.3, 0.4) is 0 Å². The summed E-state index contributed by atoms with van der Waals surface area (Å²) in [5.74, 6) is 0.197. The first-order valence-electron chi connectivity index (χ1n) is 5.23. The van der Waals surface area contributed by atoms with Crippen LogP contribution < -0.4 is 9.42 Å². The lowest BCUT2D eigenvalue weighted by atomic mass is 10.2. The number of nitrogens with zero attached hydrogens (tertiary/aromatic N) is 1. The molecule has 1 aromatic carbocycles. The molecule has 0 amide bonds. The van der Waals surface area contributed by atoms with Gasteiger partial charge in [0.15, 0.2) is 5.75 Å². The van der Waals surface area contributed by atoms with Crippen molar-refractivity contribution in [3.63, 3.8) is 0 Å². The molecule has 0 aromatic heterocycles. The molecule has 2 rings (SSSR count). The van der Waals surface area contributed by atoms with Crippen LogP contribution in [0.15, 0.2) is 24.3 Å². The van der Waals surface area contributed by atoms with Gasteiger partial charge in [-0.1, -0.05) is 12.1 Å². The smallest absolute Gasteiger partial charge is 0.402 e. The van der Waals surface area contributed by atoms with Crippen molar-refractivity contribution in [2.24, 2.45) is 0 Å². The average Bonchev–Trinajstić information content (AvgIpc) is 2.29. The van der Waals surface area contributed by atoms with Crippen LogP contribution in [-0.4, -0.2) is 36.1 Å². The van der Waals surface area contributed by atoms with E-state index in [4.69, 9.17) is 14.5 Å². The molecule has 6 nitrogen and oxygen atoms in total. The van der Waals surface area contributed by atoms with Gasteiger partial charge in [-0.25, -0.2) is 4.57 Å². The van der Waals surface area contributed by atoms with Crippen molar-refractivity contribution in [1.82, 2.24) is 0 Å². The van der Waals surface area contributed by atoms with E-state index in [1.165, 1.54) is 0 Å². The van der Waals surface area contributed by atoms with Crippen molar-refractivity contribution in [3.05, 3.63) is 24.3 Å². The normalized spacial score (nSPS) is 16.9. The molecule has 1 aromatic rings. The summed E-state index contributed by atoms with van der Waals surface area (Å²) in [5, 5.41) is 0. The highest BCUT2D eigenvalue weighted by molar-refractivity contribution is 7.46. The number of hydrogen-bond donors (Lipinski definition) is 2. The minimum absolute atomic E-state index is 0.197. The maximum absolute atomic E-state index is 10.9. The predicted molar refractivity (Wildman–Crippen MR) is 62.1 cm³/mol. The van der Waals surface area contributed by atoms with Crippen molar-refractivity contribution in [1.29, 1.82) is 0 Å². The van der Waals surface area contributed by atoms with Gasteiger partial charge >= 0.3 is 7.82 Å². The second kappa shape index (κ2) is 5.06. The molecule has 0 spiro atoms. The molecule has 7 heteroatoms. The summed E-state index contributed by atoms with van der Waals surface area (Å²) in [6.07, 6.45) is 0. The van der Waals surface area contributed by atoms with Crippen LogP contribution in [0.25, 0.3) is 0 Å². The van der Waals surface area contributed by atoms with Crippen LogP contribution in [0.1, 0.15) is 0 Å². The first-order valence-corrected chi connectivity index (χ1v) is 6.76. The zero-order valence-electron chi connectivity index (χ0n) is 9.15. The van der Waals surface area contributed by atoms with E-state index >= 15 is 0 Å². The molecular formula is C10H14NO5P. The molecular weight excluding hydrogens is 245 g/mol. The third-order valence-electron chi connectivity index (χ3n) is 2.43. The number of phosphoric ester groups is 1. The molecule has 94 valence electrons. The quantitative estimate of drug-likeness (QED) is 0.788. The van der Waals surface area contributed by atoms with Crippen molar-refractivity contribution >= 4 is 13.5 Å². The molecule has 1 aliphatic heterocycles. The van der Waals surface area contributed by atoms with E-state index < -0.39 is 7.82 Å². The molecule has 17 heavy (non-hydrogen) atoms. The highest BCUT2D eigenvalue weighted by Gasteiger charge is 2.21. The SMILES string of the molecule is O=P(O)(O)Oc1ccccc1N1CCOCC1. The summed E-state index contributed by atoms with van der Waals surface area (Å²) in [5.41, 5.74) is 0.680. The summed E-state index contributed by atoms with van der Waals surface area (Å²) < 4.78 is 20.8. The fraction of sp³-hybridized carbons (Fsp3) is 0.400. The Labute approximate surface area is 99.0 Å². The van der Waals surface area contributed by atoms with E-state index in [2.05, 4.69) is 4.52 Å². The second-order valence-electron chi connectivity index (χ2n) is 3.65. The van der Waals surface area contributed by atoms with E-state index in [9.17, 15) is 4.57 Å². The predicted octanol–water partition coefficient (Wildman–Crippen LogP) is 0.995. The van der Waals surface area contributed by atoms with Gasteiger partial charge in [-0.3, -0.25) is 9.79 Å². The van der Waals surface area contributed by atoms with Crippen LogP contribution in [0, 0.1) is 0 Å². The third-order valence-corrected chi connectivity index (χ3v) is 2.87. The number of para-hydroxylation sites is 2. The summed E-state index contributed by atoms with van der Waals surface area (Å²) >= 11 is 0. The van der Waals surface area contributed by atoms with Crippen molar-refractivity contribution in [2.75, 3.05) is 31.2 Å². The molecule has 1 saturated heterocycles. The molecule has 0 atom stereocenters. The Hall–Kier alpha value is -1.07. The van der Waals surface area contributed by atoms with E-state index in [1.807, 2.05) is 4.90 Å². The summed E-state index contributed by atoms with van der Waals surface area (Å²) in [7, 11) is -4.52. The minimum Gasteiger partial charge on any atom is -0.402 e. The number of anilines is 1. The summed E-state index contributed by atoms with van der Waals surface area (Å²) in [4.78, 5) is 19.7. The van der Waals surface area contributed by atoms with Crippen LogP contribution in [0.5, 0.6) is 5.75 Å². The number of phosphoric acid groups is 1. The Morgan fingerprint density at radius 1 is 1.24 bits per heavy atom. The van der Waals surface area contributed by atoms with Crippen LogP contribution in [0.2, 0.25) is 0 Å². The Morgan fingerprint density at radius 3 is 2.53 bits per heavy atom. The summed E-state index contributed by atoms with van der Waals surface area (Å²) in [6, 6.07) is 6.80. The first-order chi connectivity index (χ1) is 8.06. The highest BCUT2D eigenvalue weighted by atomic mass is 31.2. The lowest BCUT2D eigenvalue weighted by molar-refractivity contribution is 0.122. The molecule has 2 N–H and O–H groups in total. The standard InChI is InChI=1S/C10H14NO5P/c12-17(13,14)16-10-4-2-1-3-9(10)11-5-7-15-8-6-11/h1-4H,5-8H2,(H2,12,13,14). The van der Waals surface area contributed by atoms with Crippen molar-refractivity contribution in [2.45, 2.75) is 0 Å². The molecule has 0 unspecified atom stereocenters. The number of rotatable bonds is 3. The van der Waals surface area contributed by atoms with Gasteiger partial charge in [-0.2, -0.15) is 0 Å². The molecule has 1 fully saturated rings. The topological polar surface area (TPSA) is 79.2 Å². The maximum atomic E-state index is 10.9. The van der Waals surface area contributed by atoms with Gasteiger partial charge in [0.05, 0.1) is 18.9 Å². The number of morpholine rings is 1. The first kappa shape index (κ1) is 12.4. The van der Waals surface area contributed by atoms with E-state index in [0.29, 0.717) is 32.0 Å². The maximum Gasteiger partial charge on any atom is 0.524 e. The van der Waals surface area contributed by atoms with E-state index in [0.717, 1.165) is 0 Å². The van der Waals surface area contributed by atoms with Gasteiger partial charge < -0.3 is 14.2 Å². The second-order valence-corrected chi connectivity index (χ2v) is 4.81. The molecule has 0 radical (unpaired) electrons. The largest absolute Gasteiger partial charge is 0.524 e. The third kappa shape index (κ3) is 3.44. The summed E-state index contributed by atoms with van der Waals surface area (Å²) in [6.45, 7) is 2.57. The van der Waals surface area contributed by atoms with Gasteiger partial charge in [-0.15, -0.1) is 0 Å². The van der Waals surface area contributed by atoms with Crippen LogP contribution >= 0.6 is 7.82 Å². The zero-order chi connectivity index (χ0) is 12.3. The van der Waals surface area contributed by atoms with Gasteiger partial charge in [0.25, 0.3) is 0 Å². The minimum atomic E-state index is -4.52. The van der Waals surface area contributed by atoms with Crippen molar-refractivity contribution in [3.8, 4) is 5.75 Å². The monoisotopic (exact) mass is 259 g/mol. The number of ether oxygens (including phenoxy) is 1. The van der Waals surface area contributed by atoms with Gasteiger partial charge in [-0.05, 0) is 12.1 Å². The van der Waals surface area contributed by atoms with Gasteiger partial charge in [0.1, 0.15) is 0 Å². The van der Waals surface area contributed by atoms with E-state index in [-0.39, 0.29) is 5.75 Å². The number of benzene rings is 1. The Bertz CT molecular complexity index is 426. The molecule has 0 bridgehead atoms. The Morgan fingerprint density at radius 2 is 1.88 bits per heavy atom. The highest BCUT2D eigenvalue weighted by Crippen LogP contribution is 2.41. The van der Waals surface area contributed by atoms with Gasteiger partial charge in [0, 0.05) is 13.1 Å². The molecule has 1 aliphatic rings. The van der Waals surface area contributed by atoms with Crippen LogP contribution in [-0.2, 0) is 9.30 Å². The van der Waals surface area contributed by atoms with Crippen molar-refractivity contribution < 1.29 is 23.6 Å².